The summed E-state index contributed by atoms with van der Waals surface area (Å²) < 4.78 is 12.8. The van der Waals surface area contributed by atoms with Gasteiger partial charge in [-0.15, -0.1) is 0 Å². The molecule has 1 aromatic heterocycles. The molecule has 1 aliphatic heterocycles. The molecule has 0 spiro atoms. The first-order valence-corrected chi connectivity index (χ1v) is 11.0. The largest absolute Gasteiger partial charge is 0.494 e. The molecule has 4 rings (SSSR count). The van der Waals surface area contributed by atoms with E-state index in [1.54, 1.807) is 12.1 Å². The summed E-state index contributed by atoms with van der Waals surface area (Å²) in [5.74, 6) is 0.814. The highest BCUT2D eigenvalue weighted by atomic mass is 16.5. The molecule has 0 radical (unpaired) electrons. The molecule has 2 aromatic carbocycles. The van der Waals surface area contributed by atoms with E-state index < -0.39 is 0 Å². The maximum Gasteiger partial charge on any atom is 0.121 e. The van der Waals surface area contributed by atoms with E-state index in [-0.39, 0.29) is 13.6 Å². The summed E-state index contributed by atoms with van der Waals surface area (Å²) in [6.07, 6.45) is 1.59. The van der Waals surface area contributed by atoms with Crippen molar-refractivity contribution in [2.75, 3.05) is 25.3 Å². The number of anilines is 1. The van der Waals surface area contributed by atoms with Crippen molar-refractivity contribution in [3.05, 3.63) is 48.0 Å². The molecule has 2 heterocycles. The highest BCUT2D eigenvalue weighted by molar-refractivity contribution is 5.95. The summed E-state index contributed by atoms with van der Waals surface area (Å²) in [4.78, 5) is 0. The fraction of sp³-hybridized carbons (Fsp3) is 0.400. The maximum atomic E-state index is 9.84. The van der Waals surface area contributed by atoms with Gasteiger partial charge in [-0.1, -0.05) is 19.1 Å². The molecule has 7 nitrogen and oxygen atoms in total. The van der Waals surface area contributed by atoms with Gasteiger partial charge in [0.25, 0.3) is 0 Å². The van der Waals surface area contributed by atoms with E-state index in [0.717, 1.165) is 47.4 Å². The van der Waals surface area contributed by atoms with Crippen molar-refractivity contribution >= 4 is 16.6 Å². The molecule has 1 aliphatic rings. The highest BCUT2D eigenvalue weighted by Crippen LogP contribution is 2.37. The first kappa shape index (κ1) is 23.6. The third kappa shape index (κ3) is 5.22. The average Bonchev–Trinajstić information content (AvgIpc) is 3.42. The van der Waals surface area contributed by atoms with Gasteiger partial charge in [-0.2, -0.15) is 5.26 Å². The molecule has 1 unspecified atom stereocenters. The number of nitriles is 1. The fourth-order valence-electron chi connectivity index (χ4n) is 3.76. The van der Waals surface area contributed by atoms with Crippen LogP contribution in [0.3, 0.4) is 0 Å². The van der Waals surface area contributed by atoms with E-state index in [1.807, 2.05) is 30.3 Å². The predicted molar refractivity (Wildman–Crippen MR) is 127 cm³/mol. The van der Waals surface area contributed by atoms with E-state index in [9.17, 15) is 5.26 Å². The van der Waals surface area contributed by atoms with Crippen molar-refractivity contribution in [2.24, 2.45) is 0 Å². The number of benzene rings is 2. The van der Waals surface area contributed by atoms with E-state index in [2.05, 4.69) is 36.9 Å². The summed E-state index contributed by atoms with van der Waals surface area (Å²) in [5.41, 5.74) is 6.20. The first-order chi connectivity index (χ1) is 15.5. The van der Waals surface area contributed by atoms with Gasteiger partial charge in [-0.25, -0.2) is 0 Å². The van der Waals surface area contributed by atoms with Gasteiger partial charge in [0.1, 0.15) is 11.8 Å². The minimum atomic E-state index is -0.176. The number of nitrogens with zero attached hydrogens (tertiary/aromatic N) is 2. The average molecular weight is 440 g/mol. The van der Waals surface area contributed by atoms with Crippen molar-refractivity contribution in [1.29, 1.82) is 5.26 Å². The molecule has 172 valence electrons. The first-order valence-electron chi connectivity index (χ1n) is 11.0. The second-order valence-corrected chi connectivity index (χ2v) is 8.03. The molecular formula is C25H33N3O4. The summed E-state index contributed by atoms with van der Waals surface area (Å²) in [6, 6.07) is 15.8. The molecule has 1 saturated heterocycles. The Balaban J connectivity index is 0.000000479. The number of rotatable bonds is 6. The van der Waals surface area contributed by atoms with Crippen LogP contribution in [0.1, 0.15) is 46.6 Å². The number of aliphatic hydroxyl groups is 1. The van der Waals surface area contributed by atoms with E-state index in [0.29, 0.717) is 24.5 Å². The normalized spacial score (nSPS) is 15.3. The van der Waals surface area contributed by atoms with Gasteiger partial charge in [0, 0.05) is 25.5 Å². The fourth-order valence-corrected chi connectivity index (χ4v) is 3.76. The van der Waals surface area contributed by atoms with Gasteiger partial charge < -0.3 is 19.1 Å². The Bertz CT molecular complexity index is 1070. The molecule has 1 atom stereocenters. The zero-order valence-electron chi connectivity index (χ0n) is 18.8. The number of aliphatic hydroxyl groups excluding tert-OH is 1. The van der Waals surface area contributed by atoms with Crippen LogP contribution in [0.2, 0.25) is 0 Å². The Morgan fingerprint density at radius 1 is 1.28 bits per heavy atom. The third-order valence-electron chi connectivity index (χ3n) is 5.27. The standard InChI is InChI=1S/C21H23N3O2.C4H8O2.H2/c1-4-11-26-17-9-10-18-19(13-22)21(24(14(2)3)20(18)12-17)15-5-7-16(23-25)8-6-15;5-4-1-2-6-3-4;/h5-10,12,14,23,25H,4,11H2,1-3H3;4-5H,1-3H2;1H. The van der Waals surface area contributed by atoms with Gasteiger partial charge in [0.05, 0.1) is 41.8 Å². The highest BCUT2D eigenvalue weighted by Gasteiger charge is 2.21. The molecule has 0 saturated carbocycles. The van der Waals surface area contributed by atoms with Gasteiger partial charge in [-0.3, -0.25) is 10.7 Å². The number of hydrogen-bond donors (Lipinski definition) is 3. The zero-order valence-corrected chi connectivity index (χ0v) is 18.8. The number of aromatic nitrogens is 1. The van der Waals surface area contributed by atoms with Gasteiger partial charge >= 0.3 is 0 Å². The second-order valence-electron chi connectivity index (χ2n) is 8.03. The molecule has 0 aliphatic carbocycles. The molecule has 7 heteroatoms. The van der Waals surface area contributed by atoms with Crippen LogP contribution in [-0.4, -0.2) is 40.8 Å². The number of fused-ring (bicyclic) bond motifs is 1. The van der Waals surface area contributed by atoms with Crippen LogP contribution >= 0.6 is 0 Å². The maximum absolute atomic E-state index is 9.84. The minimum Gasteiger partial charge on any atom is -0.494 e. The molecular weight excluding hydrogens is 406 g/mol. The molecule has 3 N–H and O–H groups in total. The second kappa shape index (κ2) is 11.0. The summed E-state index contributed by atoms with van der Waals surface area (Å²) in [5, 5.41) is 28.4. The molecule has 3 aromatic rings. The summed E-state index contributed by atoms with van der Waals surface area (Å²) in [6.45, 7) is 8.23. The zero-order chi connectivity index (χ0) is 23.1. The lowest BCUT2D eigenvalue weighted by Gasteiger charge is -2.16. The van der Waals surface area contributed by atoms with Crippen molar-refractivity contribution < 1.29 is 21.2 Å². The van der Waals surface area contributed by atoms with Crippen molar-refractivity contribution in [3.63, 3.8) is 0 Å². The number of hydrogen-bond acceptors (Lipinski definition) is 6. The smallest absolute Gasteiger partial charge is 0.121 e. The van der Waals surface area contributed by atoms with Crippen LogP contribution in [-0.2, 0) is 4.74 Å². The lowest BCUT2D eigenvalue weighted by Crippen LogP contribution is -2.03. The van der Waals surface area contributed by atoms with Crippen molar-refractivity contribution in [3.8, 4) is 23.1 Å². The van der Waals surface area contributed by atoms with Crippen LogP contribution in [0.4, 0.5) is 5.69 Å². The van der Waals surface area contributed by atoms with Gasteiger partial charge in [-0.05, 0) is 56.5 Å². The Morgan fingerprint density at radius 3 is 2.53 bits per heavy atom. The van der Waals surface area contributed by atoms with Crippen LogP contribution in [0.15, 0.2) is 42.5 Å². The molecule has 1 fully saturated rings. The summed E-state index contributed by atoms with van der Waals surface area (Å²) >= 11 is 0. The Labute approximate surface area is 190 Å². The Morgan fingerprint density at radius 2 is 2.03 bits per heavy atom. The topological polar surface area (TPSA) is 99.7 Å². The van der Waals surface area contributed by atoms with Gasteiger partial charge in [0.2, 0.25) is 0 Å². The van der Waals surface area contributed by atoms with E-state index >= 15 is 0 Å². The van der Waals surface area contributed by atoms with Crippen LogP contribution < -0.4 is 10.2 Å². The lowest BCUT2D eigenvalue weighted by molar-refractivity contribution is 0.127. The van der Waals surface area contributed by atoms with E-state index in [4.69, 9.17) is 19.8 Å². The summed E-state index contributed by atoms with van der Waals surface area (Å²) in [7, 11) is 0. The lowest BCUT2D eigenvalue weighted by atomic mass is 10.1. The number of ether oxygens (including phenoxy) is 2. The third-order valence-corrected chi connectivity index (χ3v) is 5.27. The van der Waals surface area contributed by atoms with Crippen LogP contribution in [0.25, 0.3) is 22.2 Å². The van der Waals surface area contributed by atoms with Crippen molar-refractivity contribution in [2.45, 2.75) is 45.8 Å². The quantitative estimate of drug-likeness (QED) is 0.447. The van der Waals surface area contributed by atoms with Crippen LogP contribution in [0.5, 0.6) is 5.75 Å². The Kier molecular flexibility index (Phi) is 8.12. The minimum absolute atomic E-state index is 0. The Hall–Kier alpha value is -3.05. The molecule has 0 bridgehead atoms. The van der Waals surface area contributed by atoms with Gasteiger partial charge in [0.15, 0.2) is 0 Å². The molecule has 32 heavy (non-hydrogen) atoms. The SMILES string of the molecule is CCCOc1ccc2c(C#N)c(-c3ccc(NO)cc3)n(C(C)C)c2c1.OC1CCOC1.[HH]. The van der Waals surface area contributed by atoms with Crippen molar-refractivity contribution in [1.82, 2.24) is 4.57 Å². The van der Waals surface area contributed by atoms with Crippen LogP contribution in [0, 0.1) is 11.3 Å². The monoisotopic (exact) mass is 439 g/mol. The number of nitrogens with one attached hydrogen (secondary N) is 1. The predicted octanol–water partition coefficient (Wildman–Crippen LogP) is 5.36. The van der Waals surface area contributed by atoms with E-state index in [1.165, 1.54) is 0 Å². The molecule has 0 amide bonds.